The fourth-order valence-corrected chi connectivity index (χ4v) is 1.27. The Balaban J connectivity index is 2.06. The van der Waals surface area contributed by atoms with Crippen LogP contribution in [0, 0.1) is 12.8 Å². The summed E-state index contributed by atoms with van der Waals surface area (Å²) in [5.74, 6) is 1.99. The van der Waals surface area contributed by atoms with E-state index >= 15 is 0 Å². The van der Waals surface area contributed by atoms with Crippen LogP contribution in [0.2, 0.25) is 0 Å². The zero-order valence-corrected chi connectivity index (χ0v) is 10.2. The van der Waals surface area contributed by atoms with Crippen molar-refractivity contribution in [1.82, 2.24) is 10.6 Å². The average Bonchev–Trinajstić information content (AvgIpc) is 2.63. The lowest BCUT2D eigenvalue weighted by Crippen LogP contribution is -2.34. The second-order valence-corrected chi connectivity index (χ2v) is 4.13. The molecule has 0 radical (unpaired) electrons. The van der Waals surface area contributed by atoms with Crippen LogP contribution >= 0.6 is 0 Å². The molecule has 90 valence electrons. The Bertz CT molecular complexity index is 332. The second kappa shape index (κ2) is 6.33. The van der Waals surface area contributed by atoms with Gasteiger partial charge in [-0.05, 0) is 19.1 Å². The molecule has 4 heteroatoms. The van der Waals surface area contributed by atoms with Gasteiger partial charge in [0.05, 0.1) is 6.54 Å². The van der Waals surface area contributed by atoms with Crippen molar-refractivity contribution in [2.45, 2.75) is 27.3 Å². The average molecular weight is 224 g/mol. The monoisotopic (exact) mass is 224 g/mol. The SMILES string of the molecule is Cc1ccc(CNCCNC(=O)C(C)C)o1. The normalized spacial score (nSPS) is 10.8. The first kappa shape index (κ1) is 12.8. The third kappa shape index (κ3) is 4.49. The van der Waals surface area contributed by atoms with Crippen LogP contribution in [0.25, 0.3) is 0 Å². The van der Waals surface area contributed by atoms with E-state index in [2.05, 4.69) is 10.6 Å². The van der Waals surface area contributed by atoms with E-state index in [1.54, 1.807) is 0 Å². The van der Waals surface area contributed by atoms with E-state index in [0.29, 0.717) is 13.1 Å². The lowest BCUT2D eigenvalue weighted by molar-refractivity contribution is -0.123. The first-order valence-corrected chi connectivity index (χ1v) is 5.63. The Kier molecular flexibility index (Phi) is 5.05. The van der Waals surface area contributed by atoms with Crippen molar-refractivity contribution in [3.8, 4) is 0 Å². The van der Waals surface area contributed by atoms with Crippen LogP contribution < -0.4 is 10.6 Å². The predicted molar refractivity (Wildman–Crippen MR) is 63.0 cm³/mol. The summed E-state index contributed by atoms with van der Waals surface area (Å²) in [7, 11) is 0. The summed E-state index contributed by atoms with van der Waals surface area (Å²) in [6, 6.07) is 3.90. The number of rotatable bonds is 6. The number of hydrogen-bond donors (Lipinski definition) is 2. The quantitative estimate of drug-likeness (QED) is 0.719. The molecule has 1 heterocycles. The predicted octanol–water partition coefficient (Wildman–Crippen LogP) is 1.45. The van der Waals surface area contributed by atoms with Crippen molar-refractivity contribution in [2.24, 2.45) is 5.92 Å². The summed E-state index contributed by atoms with van der Waals surface area (Å²) >= 11 is 0. The molecular weight excluding hydrogens is 204 g/mol. The molecule has 0 spiro atoms. The Morgan fingerprint density at radius 1 is 1.38 bits per heavy atom. The summed E-state index contributed by atoms with van der Waals surface area (Å²) < 4.78 is 5.40. The fraction of sp³-hybridized carbons (Fsp3) is 0.583. The highest BCUT2D eigenvalue weighted by Gasteiger charge is 2.04. The maximum absolute atomic E-state index is 11.2. The summed E-state index contributed by atoms with van der Waals surface area (Å²) in [5.41, 5.74) is 0. The number of hydrogen-bond acceptors (Lipinski definition) is 3. The third-order valence-electron chi connectivity index (χ3n) is 2.22. The standard InChI is InChI=1S/C12H20N2O2/c1-9(2)12(15)14-7-6-13-8-11-5-4-10(3)16-11/h4-5,9,13H,6-8H2,1-3H3,(H,14,15). The highest BCUT2D eigenvalue weighted by atomic mass is 16.3. The van der Waals surface area contributed by atoms with Gasteiger partial charge in [0, 0.05) is 19.0 Å². The molecule has 1 aromatic rings. The van der Waals surface area contributed by atoms with E-state index < -0.39 is 0 Å². The van der Waals surface area contributed by atoms with E-state index in [0.717, 1.165) is 18.1 Å². The van der Waals surface area contributed by atoms with E-state index in [1.165, 1.54) is 0 Å². The number of nitrogens with one attached hydrogen (secondary N) is 2. The van der Waals surface area contributed by atoms with Gasteiger partial charge in [0.25, 0.3) is 0 Å². The molecular formula is C12H20N2O2. The molecule has 2 N–H and O–H groups in total. The maximum Gasteiger partial charge on any atom is 0.222 e. The van der Waals surface area contributed by atoms with Crippen LogP contribution in [0.4, 0.5) is 0 Å². The molecule has 4 nitrogen and oxygen atoms in total. The van der Waals surface area contributed by atoms with Gasteiger partial charge in [-0.1, -0.05) is 13.8 Å². The van der Waals surface area contributed by atoms with Gasteiger partial charge >= 0.3 is 0 Å². The first-order valence-electron chi connectivity index (χ1n) is 5.63. The molecule has 0 saturated heterocycles. The molecule has 1 amide bonds. The lowest BCUT2D eigenvalue weighted by Gasteiger charge is -2.07. The molecule has 0 fully saturated rings. The van der Waals surface area contributed by atoms with Gasteiger partial charge in [0.2, 0.25) is 5.91 Å². The van der Waals surface area contributed by atoms with Crippen LogP contribution in [0.5, 0.6) is 0 Å². The highest BCUT2D eigenvalue weighted by Crippen LogP contribution is 2.04. The molecule has 0 aliphatic carbocycles. The van der Waals surface area contributed by atoms with Crippen molar-refractivity contribution in [2.75, 3.05) is 13.1 Å². The smallest absolute Gasteiger partial charge is 0.222 e. The summed E-state index contributed by atoms with van der Waals surface area (Å²) in [6.45, 7) is 7.79. The van der Waals surface area contributed by atoms with Crippen LogP contribution in [0.1, 0.15) is 25.4 Å². The van der Waals surface area contributed by atoms with E-state index in [-0.39, 0.29) is 11.8 Å². The molecule has 0 aliphatic heterocycles. The number of aryl methyl sites for hydroxylation is 1. The Hall–Kier alpha value is -1.29. The van der Waals surface area contributed by atoms with E-state index in [1.807, 2.05) is 32.9 Å². The number of carbonyl (C=O) groups is 1. The third-order valence-corrected chi connectivity index (χ3v) is 2.22. The number of furan rings is 1. The van der Waals surface area contributed by atoms with E-state index in [9.17, 15) is 4.79 Å². The second-order valence-electron chi connectivity index (χ2n) is 4.13. The fourth-order valence-electron chi connectivity index (χ4n) is 1.27. The van der Waals surface area contributed by atoms with Gasteiger partial charge in [-0.25, -0.2) is 0 Å². The Labute approximate surface area is 96.4 Å². The van der Waals surface area contributed by atoms with E-state index in [4.69, 9.17) is 4.42 Å². The van der Waals surface area contributed by atoms with Gasteiger partial charge in [0.1, 0.15) is 11.5 Å². The summed E-state index contributed by atoms with van der Waals surface area (Å²) in [5, 5.41) is 6.04. The molecule has 16 heavy (non-hydrogen) atoms. The highest BCUT2D eigenvalue weighted by molar-refractivity contribution is 5.77. The molecule has 0 unspecified atom stereocenters. The Morgan fingerprint density at radius 2 is 2.12 bits per heavy atom. The molecule has 0 atom stereocenters. The van der Waals surface area contributed by atoms with Crippen molar-refractivity contribution in [3.05, 3.63) is 23.7 Å². The van der Waals surface area contributed by atoms with Gasteiger partial charge in [0.15, 0.2) is 0 Å². The van der Waals surface area contributed by atoms with Gasteiger partial charge in [-0.3, -0.25) is 4.79 Å². The van der Waals surface area contributed by atoms with Crippen LogP contribution in [0.3, 0.4) is 0 Å². The zero-order chi connectivity index (χ0) is 12.0. The topological polar surface area (TPSA) is 54.3 Å². The van der Waals surface area contributed by atoms with Crippen LogP contribution in [0.15, 0.2) is 16.5 Å². The molecule has 0 saturated carbocycles. The summed E-state index contributed by atoms with van der Waals surface area (Å²) in [6.07, 6.45) is 0. The van der Waals surface area contributed by atoms with Crippen LogP contribution in [-0.2, 0) is 11.3 Å². The minimum absolute atomic E-state index is 0.0488. The molecule has 1 aromatic heterocycles. The Morgan fingerprint density at radius 3 is 2.69 bits per heavy atom. The maximum atomic E-state index is 11.2. The van der Waals surface area contributed by atoms with Gasteiger partial charge in [-0.15, -0.1) is 0 Å². The summed E-state index contributed by atoms with van der Waals surface area (Å²) in [4.78, 5) is 11.2. The zero-order valence-electron chi connectivity index (χ0n) is 10.2. The lowest BCUT2D eigenvalue weighted by atomic mass is 10.2. The first-order chi connectivity index (χ1) is 7.59. The molecule has 0 aromatic carbocycles. The number of amides is 1. The minimum Gasteiger partial charge on any atom is -0.465 e. The molecule has 0 bridgehead atoms. The minimum atomic E-state index is 0.0488. The molecule has 0 aliphatic rings. The molecule has 1 rings (SSSR count). The number of carbonyl (C=O) groups excluding carboxylic acids is 1. The van der Waals surface area contributed by atoms with Gasteiger partial charge < -0.3 is 15.1 Å². The van der Waals surface area contributed by atoms with Crippen molar-refractivity contribution < 1.29 is 9.21 Å². The van der Waals surface area contributed by atoms with Gasteiger partial charge in [-0.2, -0.15) is 0 Å². The van der Waals surface area contributed by atoms with Crippen molar-refractivity contribution in [3.63, 3.8) is 0 Å². The largest absolute Gasteiger partial charge is 0.465 e. The van der Waals surface area contributed by atoms with Crippen molar-refractivity contribution >= 4 is 5.91 Å². The van der Waals surface area contributed by atoms with Crippen LogP contribution in [-0.4, -0.2) is 19.0 Å². The van der Waals surface area contributed by atoms with Crippen molar-refractivity contribution in [1.29, 1.82) is 0 Å².